The number of aliphatic hydroxyl groups excluding tert-OH is 1. The number of likely N-dealkylation sites (tertiary alicyclic amines) is 1. The lowest BCUT2D eigenvalue weighted by Gasteiger charge is -2.53. The molecular weight excluding hydrogens is 418 g/mol. The standard InChI is InChI=1S/C25H31N5O3/c1-16-24(32)27-26-23-13-33-22-11-19(18-8-6-5-7-17(18)9-10-31)20(12-21(22)30(16)23)29(4)25(2)14-28(3)15-25/h5-8,11-12,16,31H,9-10,13-15H2,1-4H3,(H,27,32). The predicted octanol–water partition coefficient (Wildman–Crippen LogP) is 2.06. The maximum absolute atomic E-state index is 12.4. The number of benzene rings is 2. The largest absolute Gasteiger partial charge is 0.483 e. The molecular formula is C25H31N5O3. The molecule has 3 aliphatic heterocycles. The number of nitrogens with zero attached hydrogens (tertiary/aromatic N) is 4. The van der Waals surface area contributed by atoms with Gasteiger partial charge in [-0.05, 0) is 50.6 Å². The van der Waals surface area contributed by atoms with E-state index in [1.807, 2.05) is 24.0 Å². The van der Waals surface area contributed by atoms with E-state index in [9.17, 15) is 9.90 Å². The number of hydrogen-bond acceptors (Lipinski definition) is 7. The van der Waals surface area contributed by atoms with Crippen LogP contribution >= 0.6 is 0 Å². The first-order chi connectivity index (χ1) is 15.8. The molecule has 0 saturated carbocycles. The summed E-state index contributed by atoms with van der Waals surface area (Å²) in [6.07, 6.45) is 0.581. The van der Waals surface area contributed by atoms with Crippen LogP contribution in [0.3, 0.4) is 0 Å². The average molecular weight is 450 g/mol. The van der Waals surface area contributed by atoms with Gasteiger partial charge in [-0.3, -0.25) is 4.79 Å². The zero-order valence-electron chi connectivity index (χ0n) is 19.6. The monoisotopic (exact) mass is 449 g/mol. The van der Waals surface area contributed by atoms with Crippen molar-refractivity contribution in [2.24, 2.45) is 5.10 Å². The highest BCUT2D eigenvalue weighted by Gasteiger charge is 2.42. The predicted molar refractivity (Wildman–Crippen MR) is 130 cm³/mol. The zero-order chi connectivity index (χ0) is 23.3. The van der Waals surface area contributed by atoms with E-state index in [2.05, 4.69) is 65.6 Å². The molecule has 8 heteroatoms. The molecule has 1 saturated heterocycles. The van der Waals surface area contributed by atoms with Crippen molar-refractivity contribution in [3.63, 3.8) is 0 Å². The Morgan fingerprint density at radius 1 is 1.27 bits per heavy atom. The summed E-state index contributed by atoms with van der Waals surface area (Å²) >= 11 is 0. The van der Waals surface area contributed by atoms with E-state index in [4.69, 9.17) is 4.74 Å². The number of ether oxygens (including phenoxy) is 1. The van der Waals surface area contributed by atoms with Crippen LogP contribution in [0.15, 0.2) is 41.5 Å². The third-order valence-corrected chi connectivity index (χ3v) is 7.11. The molecule has 0 aromatic heterocycles. The van der Waals surface area contributed by atoms with Gasteiger partial charge in [0.2, 0.25) is 0 Å². The Morgan fingerprint density at radius 3 is 2.76 bits per heavy atom. The summed E-state index contributed by atoms with van der Waals surface area (Å²) in [5.74, 6) is 1.30. The minimum atomic E-state index is -0.378. The first kappa shape index (κ1) is 21.7. The fraction of sp³-hybridized carbons (Fsp3) is 0.440. The lowest BCUT2D eigenvalue weighted by atomic mass is 9.88. The summed E-state index contributed by atoms with van der Waals surface area (Å²) in [6.45, 7) is 6.47. The van der Waals surface area contributed by atoms with Crippen LogP contribution in [0.4, 0.5) is 11.4 Å². The Kier molecular flexibility index (Phi) is 5.29. The van der Waals surface area contributed by atoms with Crippen LogP contribution in [0.1, 0.15) is 19.4 Å². The van der Waals surface area contributed by atoms with Crippen molar-refractivity contribution in [3.05, 3.63) is 42.0 Å². The molecule has 0 spiro atoms. The number of nitrogens with one attached hydrogen (secondary N) is 1. The molecule has 1 fully saturated rings. The minimum absolute atomic E-state index is 0.0129. The summed E-state index contributed by atoms with van der Waals surface area (Å²) in [6, 6.07) is 12.0. The van der Waals surface area contributed by atoms with Gasteiger partial charge in [0.15, 0.2) is 5.84 Å². The topological polar surface area (TPSA) is 80.6 Å². The number of amides is 1. The van der Waals surface area contributed by atoms with Crippen molar-refractivity contribution < 1.29 is 14.6 Å². The lowest BCUT2D eigenvalue weighted by molar-refractivity contribution is -0.122. The third-order valence-electron chi connectivity index (χ3n) is 7.11. The molecule has 174 valence electrons. The van der Waals surface area contributed by atoms with Crippen LogP contribution < -0.4 is 20.0 Å². The molecule has 1 amide bonds. The van der Waals surface area contributed by atoms with Crippen LogP contribution in [0.25, 0.3) is 11.1 Å². The SMILES string of the molecule is CC1C(=O)NN=C2COc3cc(-c4ccccc4CCO)c(N(C)C4(C)CN(C)C4)cc3N21. The van der Waals surface area contributed by atoms with E-state index in [0.717, 1.165) is 46.9 Å². The molecule has 33 heavy (non-hydrogen) atoms. The number of aliphatic hydroxyl groups is 1. The molecule has 3 heterocycles. The minimum Gasteiger partial charge on any atom is -0.483 e. The molecule has 0 radical (unpaired) electrons. The van der Waals surface area contributed by atoms with Gasteiger partial charge < -0.3 is 24.5 Å². The second-order valence-corrected chi connectivity index (χ2v) is 9.53. The number of rotatable bonds is 5. The highest BCUT2D eigenvalue weighted by Crippen LogP contribution is 2.46. The first-order valence-corrected chi connectivity index (χ1v) is 11.4. The number of hydrazone groups is 1. The van der Waals surface area contributed by atoms with Crippen molar-refractivity contribution in [3.8, 4) is 16.9 Å². The van der Waals surface area contributed by atoms with E-state index < -0.39 is 0 Å². The maximum atomic E-state index is 12.4. The third kappa shape index (κ3) is 3.54. The van der Waals surface area contributed by atoms with Crippen molar-refractivity contribution in [1.29, 1.82) is 0 Å². The molecule has 5 rings (SSSR count). The Bertz CT molecular complexity index is 1130. The van der Waals surface area contributed by atoms with E-state index in [0.29, 0.717) is 18.9 Å². The number of fused-ring (bicyclic) bond motifs is 3. The molecule has 2 N–H and O–H groups in total. The second kappa shape index (κ2) is 8.04. The summed E-state index contributed by atoms with van der Waals surface area (Å²) < 4.78 is 6.12. The number of hydrogen-bond donors (Lipinski definition) is 2. The van der Waals surface area contributed by atoms with Crippen LogP contribution in [0.5, 0.6) is 5.75 Å². The van der Waals surface area contributed by atoms with Gasteiger partial charge in [-0.15, -0.1) is 0 Å². The number of amidine groups is 1. The van der Waals surface area contributed by atoms with Gasteiger partial charge in [-0.1, -0.05) is 24.3 Å². The van der Waals surface area contributed by atoms with Crippen LogP contribution in [-0.2, 0) is 11.2 Å². The van der Waals surface area contributed by atoms with E-state index >= 15 is 0 Å². The maximum Gasteiger partial charge on any atom is 0.262 e. The average Bonchev–Trinajstić information content (AvgIpc) is 2.79. The molecule has 3 aliphatic rings. The Morgan fingerprint density at radius 2 is 2.03 bits per heavy atom. The molecule has 1 atom stereocenters. The molecule has 0 aliphatic carbocycles. The smallest absolute Gasteiger partial charge is 0.262 e. The van der Waals surface area contributed by atoms with Crippen molar-refractivity contribution in [1.82, 2.24) is 10.3 Å². The van der Waals surface area contributed by atoms with Crippen LogP contribution in [0, 0.1) is 0 Å². The highest BCUT2D eigenvalue weighted by molar-refractivity contribution is 6.10. The van der Waals surface area contributed by atoms with Crippen molar-refractivity contribution >= 4 is 23.1 Å². The van der Waals surface area contributed by atoms with Gasteiger partial charge in [0.1, 0.15) is 18.4 Å². The van der Waals surface area contributed by atoms with Gasteiger partial charge in [0.25, 0.3) is 5.91 Å². The van der Waals surface area contributed by atoms with Gasteiger partial charge in [-0.25, -0.2) is 5.43 Å². The Hall–Kier alpha value is -3.10. The van der Waals surface area contributed by atoms with E-state index in [1.54, 1.807) is 0 Å². The molecule has 2 aromatic carbocycles. The van der Waals surface area contributed by atoms with E-state index in [-0.39, 0.29) is 24.1 Å². The summed E-state index contributed by atoms with van der Waals surface area (Å²) in [7, 11) is 4.27. The number of carbonyl (C=O) groups is 1. The summed E-state index contributed by atoms with van der Waals surface area (Å²) in [4.78, 5) is 19.0. The summed E-state index contributed by atoms with van der Waals surface area (Å²) in [5, 5.41) is 13.9. The van der Waals surface area contributed by atoms with Crippen LogP contribution in [0.2, 0.25) is 0 Å². The summed E-state index contributed by atoms with van der Waals surface area (Å²) in [5.41, 5.74) is 7.73. The fourth-order valence-electron chi connectivity index (χ4n) is 5.30. The normalized spacial score (nSPS) is 21.2. The van der Waals surface area contributed by atoms with E-state index in [1.165, 1.54) is 0 Å². The Balaban J connectivity index is 1.70. The van der Waals surface area contributed by atoms with Gasteiger partial charge >= 0.3 is 0 Å². The fourth-order valence-corrected chi connectivity index (χ4v) is 5.30. The molecule has 1 unspecified atom stereocenters. The van der Waals surface area contributed by atoms with Gasteiger partial charge in [0.05, 0.1) is 11.2 Å². The quantitative estimate of drug-likeness (QED) is 0.728. The lowest BCUT2D eigenvalue weighted by Crippen LogP contribution is -2.66. The number of anilines is 2. The molecule has 8 nitrogen and oxygen atoms in total. The first-order valence-electron chi connectivity index (χ1n) is 11.4. The Labute approximate surface area is 194 Å². The highest BCUT2D eigenvalue weighted by atomic mass is 16.5. The molecule has 2 aromatic rings. The van der Waals surface area contributed by atoms with Gasteiger partial charge in [0, 0.05) is 38.0 Å². The second-order valence-electron chi connectivity index (χ2n) is 9.53. The van der Waals surface area contributed by atoms with Crippen molar-refractivity contribution in [2.75, 3.05) is 50.2 Å². The molecule has 0 bridgehead atoms. The van der Waals surface area contributed by atoms with Crippen LogP contribution in [-0.4, -0.2) is 73.7 Å². The van der Waals surface area contributed by atoms with Crippen molar-refractivity contribution in [2.45, 2.75) is 31.8 Å². The zero-order valence-corrected chi connectivity index (χ0v) is 19.6. The number of likely N-dealkylation sites (N-methyl/N-ethyl adjacent to an activating group) is 2. The van der Waals surface area contributed by atoms with Gasteiger partial charge in [-0.2, -0.15) is 5.10 Å². The number of carbonyl (C=O) groups excluding carboxylic acids is 1.